The van der Waals surface area contributed by atoms with E-state index >= 15 is 0 Å². The van der Waals surface area contributed by atoms with Gasteiger partial charge in [-0.25, -0.2) is 0 Å². The van der Waals surface area contributed by atoms with Gasteiger partial charge in [-0.2, -0.15) is 0 Å². The van der Waals surface area contributed by atoms with E-state index in [1.165, 1.54) is 11.1 Å². The van der Waals surface area contributed by atoms with E-state index in [-0.39, 0.29) is 0 Å². The third kappa shape index (κ3) is 5.50. The Labute approximate surface area is 131 Å². The van der Waals surface area contributed by atoms with E-state index in [1.54, 1.807) is 7.05 Å². The number of hydrogen-bond acceptors (Lipinski definition) is 2. The van der Waals surface area contributed by atoms with Gasteiger partial charge in [0.25, 0.3) is 0 Å². The molecule has 0 radical (unpaired) electrons. The highest BCUT2D eigenvalue weighted by molar-refractivity contribution is 5.84. The molecule has 0 spiro atoms. The smallest absolute Gasteiger partial charge is 0.0637 e. The summed E-state index contributed by atoms with van der Waals surface area (Å²) in [5, 5.41) is 3.64. The molecule has 0 aromatic carbocycles. The average molecular weight is 291 g/mol. The zero-order valence-electron chi connectivity index (χ0n) is 14.8. The molecule has 2 unspecified atom stereocenters. The van der Waals surface area contributed by atoms with E-state index in [1.807, 2.05) is 26.1 Å². The average Bonchev–Trinajstić information content (AvgIpc) is 2.89. The van der Waals surface area contributed by atoms with Crippen molar-refractivity contribution in [1.82, 2.24) is 10.3 Å². The van der Waals surface area contributed by atoms with Crippen LogP contribution >= 0.6 is 0 Å². The van der Waals surface area contributed by atoms with Crippen LogP contribution in [0.5, 0.6) is 0 Å². The maximum atomic E-state index is 4.08. The van der Waals surface area contributed by atoms with Crippen LogP contribution in [0.1, 0.15) is 70.7 Å². The molecule has 2 N–H and O–H groups in total. The molecular formula is C18H33N3. The van der Waals surface area contributed by atoms with Crippen molar-refractivity contribution in [3.05, 3.63) is 29.6 Å². The first kappa shape index (κ1) is 19.7. The van der Waals surface area contributed by atoms with Crippen molar-refractivity contribution in [3.8, 4) is 0 Å². The number of H-pyrrole nitrogens is 1. The fourth-order valence-electron chi connectivity index (χ4n) is 2.57. The number of aromatic nitrogens is 1. The fraction of sp³-hybridized carbons (Fsp3) is 0.611. The monoisotopic (exact) mass is 291 g/mol. The van der Waals surface area contributed by atoms with Gasteiger partial charge in [0, 0.05) is 37.1 Å². The summed E-state index contributed by atoms with van der Waals surface area (Å²) in [6, 6.07) is 0.969. The highest BCUT2D eigenvalue weighted by Crippen LogP contribution is 2.27. The SMILES string of the molecule is C=Cc1c(C(C)C(CC)NC(C)C)c[nH]c1C=NC.CC. The summed E-state index contributed by atoms with van der Waals surface area (Å²) in [4.78, 5) is 7.37. The van der Waals surface area contributed by atoms with Gasteiger partial charge < -0.3 is 10.3 Å². The predicted octanol–water partition coefficient (Wildman–Crippen LogP) is 4.61. The minimum Gasteiger partial charge on any atom is -0.360 e. The van der Waals surface area contributed by atoms with Crippen LogP contribution in [0.15, 0.2) is 17.8 Å². The minimum absolute atomic E-state index is 0.440. The van der Waals surface area contributed by atoms with Gasteiger partial charge >= 0.3 is 0 Å². The van der Waals surface area contributed by atoms with Gasteiger partial charge in [0.2, 0.25) is 0 Å². The zero-order valence-corrected chi connectivity index (χ0v) is 14.8. The molecule has 0 aliphatic heterocycles. The molecule has 1 heterocycles. The summed E-state index contributed by atoms with van der Waals surface area (Å²) in [7, 11) is 1.78. The number of hydrogen-bond donors (Lipinski definition) is 2. The second-order valence-corrected chi connectivity index (χ2v) is 5.29. The normalized spacial score (nSPS) is 13.9. The number of aromatic amines is 1. The van der Waals surface area contributed by atoms with Gasteiger partial charge in [-0.15, -0.1) is 0 Å². The molecule has 2 atom stereocenters. The Morgan fingerprint density at radius 1 is 1.33 bits per heavy atom. The van der Waals surface area contributed by atoms with Crippen LogP contribution in [0.4, 0.5) is 0 Å². The Balaban J connectivity index is 0.00000191. The maximum absolute atomic E-state index is 4.08. The minimum atomic E-state index is 0.440. The third-order valence-corrected chi connectivity index (χ3v) is 3.53. The summed E-state index contributed by atoms with van der Waals surface area (Å²) in [6.45, 7) is 16.8. The Hall–Kier alpha value is -1.35. The molecule has 1 rings (SSSR count). The molecule has 0 aliphatic rings. The van der Waals surface area contributed by atoms with Gasteiger partial charge in [-0.3, -0.25) is 4.99 Å². The van der Waals surface area contributed by atoms with E-state index < -0.39 is 0 Å². The van der Waals surface area contributed by atoms with Crippen LogP contribution in [0, 0.1) is 0 Å². The molecule has 0 amide bonds. The molecule has 0 aliphatic carbocycles. The zero-order chi connectivity index (χ0) is 16.4. The molecule has 0 fully saturated rings. The lowest BCUT2D eigenvalue weighted by Crippen LogP contribution is -2.38. The van der Waals surface area contributed by atoms with Gasteiger partial charge in [-0.1, -0.05) is 54.2 Å². The molecule has 120 valence electrons. The van der Waals surface area contributed by atoms with Crippen molar-refractivity contribution in [2.75, 3.05) is 7.05 Å². The topological polar surface area (TPSA) is 40.2 Å². The summed E-state index contributed by atoms with van der Waals surface area (Å²) in [6.07, 6.45) is 6.97. The van der Waals surface area contributed by atoms with Crippen LogP contribution in [0.3, 0.4) is 0 Å². The second kappa shape index (κ2) is 10.4. The summed E-state index contributed by atoms with van der Waals surface area (Å²) >= 11 is 0. The lowest BCUT2D eigenvalue weighted by molar-refractivity contribution is 0.403. The molecular weight excluding hydrogens is 258 g/mol. The quantitative estimate of drug-likeness (QED) is 0.707. The van der Waals surface area contributed by atoms with E-state index in [0.29, 0.717) is 18.0 Å². The van der Waals surface area contributed by atoms with E-state index in [9.17, 15) is 0 Å². The molecule has 3 heteroatoms. The van der Waals surface area contributed by atoms with Crippen LogP contribution in [-0.2, 0) is 0 Å². The first-order valence-corrected chi connectivity index (χ1v) is 8.07. The molecule has 21 heavy (non-hydrogen) atoms. The lowest BCUT2D eigenvalue weighted by atomic mass is 9.90. The van der Waals surface area contributed by atoms with Gasteiger partial charge in [0.05, 0.1) is 5.69 Å². The molecule has 1 aromatic heterocycles. The van der Waals surface area contributed by atoms with E-state index in [0.717, 1.165) is 12.1 Å². The van der Waals surface area contributed by atoms with Gasteiger partial charge in [0.15, 0.2) is 0 Å². The first-order chi connectivity index (χ1) is 10.0. The summed E-state index contributed by atoms with van der Waals surface area (Å²) < 4.78 is 0. The highest BCUT2D eigenvalue weighted by atomic mass is 14.9. The molecule has 3 nitrogen and oxygen atoms in total. The number of nitrogens with zero attached hydrogens (tertiary/aromatic N) is 1. The van der Waals surface area contributed by atoms with Crippen molar-refractivity contribution in [2.45, 2.75) is 66.0 Å². The van der Waals surface area contributed by atoms with Crippen molar-refractivity contribution in [1.29, 1.82) is 0 Å². The molecule has 0 bridgehead atoms. The Kier molecular flexibility index (Phi) is 9.72. The maximum Gasteiger partial charge on any atom is 0.0637 e. The molecule has 0 saturated heterocycles. The molecule has 0 saturated carbocycles. The van der Waals surface area contributed by atoms with E-state index in [2.05, 4.69) is 55.8 Å². The van der Waals surface area contributed by atoms with Crippen molar-refractivity contribution in [2.24, 2.45) is 4.99 Å². The number of rotatable bonds is 7. The molecule has 1 aromatic rings. The fourth-order valence-corrected chi connectivity index (χ4v) is 2.57. The first-order valence-electron chi connectivity index (χ1n) is 8.07. The van der Waals surface area contributed by atoms with Crippen molar-refractivity contribution < 1.29 is 0 Å². The van der Waals surface area contributed by atoms with Crippen molar-refractivity contribution in [3.63, 3.8) is 0 Å². The Bertz CT molecular complexity index is 430. The second-order valence-electron chi connectivity index (χ2n) is 5.29. The lowest BCUT2D eigenvalue weighted by Gasteiger charge is -2.26. The van der Waals surface area contributed by atoms with Crippen molar-refractivity contribution >= 4 is 12.3 Å². The highest BCUT2D eigenvalue weighted by Gasteiger charge is 2.21. The van der Waals surface area contributed by atoms with Gasteiger partial charge in [0.1, 0.15) is 0 Å². The van der Waals surface area contributed by atoms with E-state index in [4.69, 9.17) is 0 Å². The third-order valence-electron chi connectivity index (χ3n) is 3.53. The summed E-state index contributed by atoms with van der Waals surface area (Å²) in [5.41, 5.74) is 3.52. The number of nitrogens with one attached hydrogen (secondary N) is 2. The van der Waals surface area contributed by atoms with Crippen LogP contribution in [0.2, 0.25) is 0 Å². The van der Waals surface area contributed by atoms with Crippen LogP contribution < -0.4 is 5.32 Å². The number of aliphatic imine (C=N–C) groups is 1. The van der Waals surface area contributed by atoms with Crippen LogP contribution in [-0.4, -0.2) is 30.3 Å². The standard InChI is InChI=1S/C16H27N3.C2H6/c1-7-13-14(9-18-16(13)10-17-6)12(5)15(8-2)19-11(3)4;1-2/h7,9-12,15,18-19H,1,8H2,2-6H3;1-2H3. The Morgan fingerprint density at radius 3 is 2.38 bits per heavy atom. The summed E-state index contributed by atoms with van der Waals surface area (Å²) in [5.74, 6) is 0.440. The predicted molar refractivity (Wildman–Crippen MR) is 96.5 cm³/mol. The van der Waals surface area contributed by atoms with Gasteiger partial charge in [-0.05, 0) is 17.9 Å². The largest absolute Gasteiger partial charge is 0.360 e. The van der Waals surface area contributed by atoms with Crippen LogP contribution in [0.25, 0.3) is 6.08 Å². The Morgan fingerprint density at radius 2 is 1.95 bits per heavy atom.